The van der Waals surface area contributed by atoms with Crippen molar-refractivity contribution < 1.29 is 8.91 Å². The Morgan fingerprint density at radius 3 is 2.90 bits per heavy atom. The van der Waals surface area contributed by atoms with Crippen molar-refractivity contribution in [2.75, 3.05) is 0 Å². The van der Waals surface area contributed by atoms with Gasteiger partial charge in [-0.25, -0.2) is 4.39 Å². The highest BCUT2D eigenvalue weighted by atomic mass is 79.9. The fourth-order valence-corrected chi connectivity index (χ4v) is 2.84. The van der Waals surface area contributed by atoms with Gasteiger partial charge in [0.15, 0.2) is 0 Å². The second kappa shape index (κ2) is 6.06. The normalized spacial score (nSPS) is 16.3. The molecule has 20 heavy (non-hydrogen) atoms. The third kappa shape index (κ3) is 3.67. The van der Waals surface area contributed by atoms with E-state index in [0.717, 1.165) is 28.1 Å². The number of nitrogens with zero attached hydrogens (tertiary/aromatic N) is 1. The summed E-state index contributed by atoms with van der Waals surface area (Å²) in [6, 6.07) is 7.04. The largest absolute Gasteiger partial charge is 0.364 e. The van der Waals surface area contributed by atoms with Gasteiger partial charge in [-0.15, -0.1) is 0 Å². The lowest BCUT2D eigenvalue weighted by Crippen LogP contribution is -2.22. The van der Waals surface area contributed by atoms with Crippen LogP contribution < -0.4 is 5.32 Å². The van der Waals surface area contributed by atoms with Crippen molar-refractivity contribution in [3.63, 3.8) is 0 Å². The first kappa shape index (κ1) is 13.8. The molecule has 1 atom stereocenters. The Balaban J connectivity index is 1.73. The maximum absolute atomic E-state index is 13.6. The van der Waals surface area contributed by atoms with E-state index in [2.05, 4.69) is 26.4 Å². The molecular formula is C15H16BrFN2O. The van der Waals surface area contributed by atoms with E-state index in [-0.39, 0.29) is 11.9 Å². The summed E-state index contributed by atoms with van der Waals surface area (Å²) >= 11 is 3.36. The van der Waals surface area contributed by atoms with Gasteiger partial charge in [0.1, 0.15) is 12.1 Å². The van der Waals surface area contributed by atoms with Crippen LogP contribution in [0.2, 0.25) is 0 Å². The molecule has 0 amide bonds. The fraction of sp³-hybridized carbons (Fsp3) is 0.400. The number of hydrogen-bond donors (Lipinski definition) is 1. The van der Waals surface area contributed by atoms with Crippen molar-refractivity contribution in [2.24, 2.45) is 5.92 Å². The van der Waals surface area contributed by atoms with Crippen molar-refractivity contribution >= 4 is 15.9 Å². The first-order valence-corrected chi connectivity index (χ1v) is 7.58. The SMILES string of the molecule is Fc1cc(Br)cc([C@H](CC2CC2)NCc2ccon2)c1. The molecule has 1 heterocycles. The molecule has 3 nitrogen and oxygen atoms in total. The minimum absolute atomic E-state index is 0.145. The Hall–Kier alpha value is -1.20. The highest BCUT2D eigenvalue weighted by Gasteiger charge is 2.26. The van der Waals surface area contributed by atoms with Gasteiger partial charge in [0.2, 0.25) is 0 Å². The highest BCUT2D eigenvalue weighted by molar-refractivity contribution is 9.10. The summed E-state index contributed by atoms with van der Waals surface area (Å²) < 4.78 is 19.2. The summed E-state index contributed by atoms with van der Waals surface area (Å²) in [5, 5.41) is 7.35. The van der Waals surface area contributed by atoms with Gasteiger partial charge < -0.3 is 9.84 Å². The summed E-state index contributed by atoms with van der Waals surface area (Å²) in [6.45, 7) is 0.627. The molecule has 0 unspecified atom stereocenters. The second-order valence-corrected chi connectivity index (χ2v) is 6.22. The minimum Gasteiger partial charge on any atom is -0.364 e. The quantitative estimate of drug-likeness (QED) is 0.857. The summed E-state index contributed by atoms with van der Waals surface area (Å²) in [4.78, 5) is 0. The third-order valence-electron chi connectivity index (χ3n) is 3.57. The Bertz CT molecular complexity index is 549. The van der Waals surface area contributed by atoms with Gasteiger partial charge in [-0.1, -0.05) is 33.9 Å². The van der Waals surface area contributed by atoms with Gasteiger partial charge in [-0.3, -0.25) is 0 Å². The van der Waals surface area contributed by atoms with Crippen LogP contribution in [-0.4, -0.2) is 5.16 Å². The lowest BCUT2D eigenvalue weighted by Gasteiger charge is -2.19. The van der Waals surface area contributed by atoms with Gasteiger partial charge >= 0.3 is 0 Å². The van der Waals surface area contributed by atoms with Crippen molar-refractivity contribution in [3.8, 4) is 0 Å². The van der Waals surface area contributed by atoms with E-state index in [1.54, 1.807) is 12.3 Å². The van der Waals surface area contributed by atoms with Gasteiger partial charge in [0, 0.05) is 23.1 Å². The van der Waals surface area contributed by atoms with Gasteiger partial charge in [-0.2, -0.15) is 0 Å². The zero-order valence-electron chi connectivity index (χ0n) is 11.0. The molecule has 1 fully saturated rings. The van der Waals surface area contributed by atoms with Crippen LogP contribution in [0.3, 0.4) is 0 Å². The summed E-state index contributed by atoms with van der Waals surface area (Å²) in [6.07, 6.45) is 5.15. The molecule has 106 valence electrons. The number of aromatic nitrogens is 1. The molecule has 0 spiro atoms. The van der Waals surface area contributed by atoms with Crippen molar-refractivity contribution in [2.45, 2.75) is 31.8 Å². The molecular weight excluding hydrogens is 323 g/mol. The van der Waals surface area contributed by atoms with Crippen molar-refractivity contribution in [1.29, 1.82) is 0 Å². The van der Waals surface area contributed by atoms with E-state index in [9.17, 15) is 4.39 Å². The average Bonchev–Trinajstić information content (AvgIpc) is 3.06. The van der Waals surface area contributed by atoms with Crippen LogP contribution in [0.25, 0.3) is 0 Å². The molecule has 0 saturated heterocycles. The number of nitrogens with one attached hydrogen (secondary N) is 1. The van der Waals surface area contributed by atoms with Crippen LogP contribution in [0.4, 0.5) is 4.39 Å². The molecule has 1 aliphatic rings. The molecule has 1 aromatic carbocycles. The van der Waals surface area contributed by atoms with Crippen LogP contribution in [0.1, 0.15) is 36.6 Å². The average molecular weight is 339 g/mol. The maximum atomic E-state index is 13.6. The van der Waals surface area contributed by atoms with Crippen LogP contribution in [0.15, 0.2) is 39.5 Å². The number of benzene rings is 1. The molecule has 0 radical (unpaired) electrons. The highest BCUT2D eigenvalue weighted by Crippen LogP contribution is 2.38. The van der Waals surface area contributed by atoms with E-state index in [1.807, 2.05) is 12.1 Å². The lowest BCUT2D eigenvalue weighted by molar-refractivity contribution is 0.400. The molecule has 3 rings (SSSR count). The Labute approximate surface area is 125 Å². The van der Waals surface area contributed by atoms with Gasteiger partial charge in [0.25, 0.3) is 0 Å². The van der Waals surface area contributed by atoms with Crippen LogP contribution in [0, 0.1) is 11.7 Å². The third-order valence-corrected chi connectivity index (χ3v) is 4.03. The second-order valence-electron chi connectivity index (χ2n) is 5.31. The summed E-state index contributed by atoms with van der Waals surface area (Å²) in [7, 11) is 0. The standard InChI is InChI=1S/C15H16BrFN2O/c16-12-6-11(7-13(17)8-12)15(5-10-1-2-10)18-9-14-3-4-20-19-14/h3-4,6-8,10,15,18H,1-2,5,9H2/t15-/m0/s1. The first-order chi connectivity index (χ1) is 9.70. The Morgan fingerprint density at radius 1 is 1.40 bits per heavy atom. The Kier molecular flexibility index (Phi) is 4.17. The molecule has 0 bridgehead atoms. The molecule has 1 N–H and O–H groups in total. The molecule has 1 aliphatic carbocycles. The number of hydrogen-bond acceptors (Lipinski definition) is 3. The zero-order chi connectivity index (χ0) is 13.9. The summed E-state index contributed by atoms with van der Waals surface area (Å²) in [5.74, 6) is 0.547. The smallest absolute Gasteiger partial charge is 0.124 e. The zero-order valence-corrected chi connectivity index (χ0v) is 12.6. The molecule has 5 heteroatoms. The van der Waals surface area contributed by atoms with Crippen LogP contribution in [-0.2, 0) is 6.54 Å². The monoisotopic (exact) mass is 338 g/mol. The minimum atomic E-state index is -0.210. The fourth-order valence-electron chi connectivity index (χ4n) is 2.36. The number of rotatable bonds is 6. The van der Waals surface area contributed by atoms with E-state index < -0.39 is 0 Å². The molecule has 1 saturated carbocycles. The van der Waals surface area contributed by atoms with Crippen LogP contribution >= 0.6 is 15.9 Å². The van der Waals surface area contributed by atoms with Crippen molar-refractivity contribution in [1.82, 2.24) is 10.5 Å². The predicted molar refractivity (Wildman–Crippen MR) is 77.5 cm³/mol. The molecule has 0 aliphatic heterocycles. The first-order valence-electron chi connectivity index (χ1n) is 6.79. The van der Waals surface area contributed by atoms with Crippen LogP contribution in [0.5, 0.6) is 0 Å². The summed E-state index contributed by atoms with van der Waals surface area (Å²) in [5.41, 5.74) is 1.84. The topological polar surface area (TPSA) is 38.1 Å². The molecule has 1 aromatic heterocycles. The van der Waals surface area contributed by atoms with E-state index in [4.69, 9.17) is 4.52 Å². The van der Waals surface area contributed by atoms with E-state index in [1.165, 1.54) is 18.9 Å². The van der Waals surface area contributed by atoms with E-state index >= 15 is 0 Å². The van der Waals surface area contributed by atoms with Crippen molar-refractivity contribution in [3.05, 3.63) is 52.1 Å². The van der Waals surface area contributed by atoms with Gasteiger partial charge in [-0.05, 0) is 36.1 Å². The Morgan fingerprint density at radius 2 is 2.25 bits per heavy atom. The van der Waals surface area contributed by atoms with E-state index in [0.29, 0.717) is 6.54 Å². The molecule has 2 aromatic rings. The van der Waals surface area contributed by atoms with Gasteiger partial charge in [0.05, 0.1) is 5.69 Å². The lowest BCUT2D eigenvalue weighted by atomic mass is 10.0. The predicted octanol–water partition coefficient (Wildman–Crippen LogP) is 4.21. The number of halogens is 2. The maximum Gasteiger partial charge on any atom is 0.124 e.